The first kappa shape index (κ1) is 20.7. The van der Waals surface area contributed by atoms with E-state index in [-0.39, 0.29) is 17.9 Å². The van der Waals surface area contributed by atoms with Crippen molar-refractivity contribution in [1.29, 1.82) is 0 Å². The van der Waals surface area contributed by atoms with E-state index in [0.717, 1.165) is 25.7 Å². The number of carbonyl (C=O) groups excluding carboxylic acids is 2. The maximum Gasteiger partial charge on any atom is 0.258 e. The monoisotopic (exact) mass is 436 g/mol. The first-order chi connectivity index (χ1) is 15.7. The molecule has 5 rings (SSSR count). The number of carbonyl (C=O) groups is 2. The van der Waals surface area contributed by atoms with Gasteiger partial charge in [-0.25, -0.2) is 0 Å². The van der Waals surface area contributed by atoms with Crippen LogP contribution in [0.2, 0.25) is 0 Å². The number of hydrogen-bond acceptors (Lipinski definition) is 5. The SMILES string of the molecule is COc1ccccc1C(=O)N1C(C(=O)Nc2ccc3c(c2)OCCO3)CC2CCCCC21. The molecular weight excluding hydrogens is 408 g/mol. The van der Waals surface area contributed by atoms with Crippen LogP contribution in [0.1, 0.15) is 42.5 Å². The Kier molecular flexibility index (Phi) is 5.64. The number of fused-ring (bicyclic) bond motifs is 2. The molecule has 1 saturated carbocycles. The molecule has 168 valence electrons. The Morgan fingerprint density at radius 3 is 2.66 bits per heavy atom. The van der Waals surface area contributed by atoms with E-state index < -0.39 is 6.04 Å². The number of anilines is 1. The summed E-state index contributed by atoms with van der Waals surface area (Å²) in [7, 11) is 1.56. The second-order valence-corrected chi connectivity index (χ2v) is 8.62. The van der Waals surface area contributed by atoms with E-state index in [2.05, 4.69) is 5.32 Å². The van der Waals surface area contributed by atoms with Gasteiger partial charge in [0.05, 0.1) is 12.7 Å². The smallest absolute Gasteiger partial charge is 0.258 e. The first-order valence-corrected chi connectivity index (χ1v) is 11.3. The van der Waals surface area contributed by atoms with Crippen molar-refractivity contribution in [2.75, 3.05) is 25.6 Å². The van der Waals surface area contributed by atoms with Crippen LogP contribution in [0.25, 0.3) is 0 Å². The van der Waals surface area contributed by atoms with Crippen molar-refractivity contribution in [3.8, 4) is 17.2 Å². The zero-order valence-corrected chi connectivity index (χ0v) is 18.2. The minimum Gasteiger partial charge on any atom is -0.496 e. The van der Waals surface area contributed by atoms with Crippen LogP contribution in [0, 0.1) is 5.92 Å². The van der Waals surface area contributed by atoms with Gasteiger partial charge in [-0.3, -0.25) is 9.59 Å². The van der Waals surface area contributed by atoms with Crippen LogP contribution in [0.3, 0.4) is 0 Å². The Hall–Kier alpha value is -3.22. The molecule has 32 heavy (non-hydrogen) atoms. The fraction of sp³-hybridized carbons (Fsp3) is 0.440. The minimum absolute atomic E-state index is 0.0807. The van der Waals surface area contributed by atoms with Gasteiger partial charge in [0.1, 0.15) is 25.0 Å². The fourth-order valence-corrected chi connectivity index (χ4v) is 5.29. The average Bonchev–Trinajstić information content (AvgIpc) is 3.23. The Labute approximate surface area is 187 Å². The van der Waals surface area contributed by atoms with E-state index in [1.807, 2.05) is 17.0 Å². The quantitative estimate of drug-likeness (QED) is 0.787. The van der Waals surface area contributed by atoms with Crippen molar-refractivity contribution in [1.82, 2.24) is 4.90 Å². The fourth-order valence-electron chi connectivity index (χ4n) is 5.29. The summed E-state index contributed by atoms with van der Waals surface area (Å²) >= 11 is 0. The normalized spacial score (nSPS) is 23.9. The number of amides is 2. The number of para-hydroxylation sites is 1. The molecule has 3 atom stereocenters. The summed E-state index contributed by atoms with van der Waals surface area (Å²) in [5.41, 5.74) is 1.14. The molecule has 3 unspecified atom stereocenters. The lowest BCUT2D eigenvalue weighted by Gasteiger charge is -2.34. The number of nitrogens with zero attached hydrogens (tertiary/aromatic N) is 1. The molecule has 2 aliphatic heterocycles. The molecule has 3 aliphatic rings. The predicted octanol–water partition coefficient (Wildman–Crippen LogP) is 3.88. The molecule has 1 saturated heterocycles. The first-order valence-electron chi connectivity index (χ1n) is 11.3. The van der Waals surface area contributed by atoms with Crippen LogP contribution in [0.4, 0.5) is 5.69 Å². The summed E-state index contributed by atoms with van der Waals surface area (Å²) in [5, 5.41) is 3.01. The molecule has 2 amide bonds. The zero-order valence-electron chi connectivity index (χ0n) is 18.2. The van der Waals surface area contributed by atoms with Crippen LogP contribution in [0.5, 0.6) is 17.2 Å². The van der Waals surface area contributed by atoms with Crippen molar-refractivity contribution in [2.45, 2.75) is 44.2 Å². The lowest BCUT2D eigenvalue weighted by Crippen LogP contribution is -2.48. The number of likely N-dealkylation sites (tertiary alicyclic amines) is 1. The third kappa shape index (κ3) is 3.76. The van der Waals surface area contributed by atoms with Crippen molar-refractivity contribution < 1.29 is 23.8 Å². The summed E-state index contributed by atoms with van der Waals surface area (Å²) < 4.78 is 16.6. The second-order valence-electron chi connectivity index (χ2n) is 8.62. The molecule has 1 N–H and O–H groups in total. The van der Waals surface area contributed by atoms with Gasteiger partial charge in [-0.1, -0.05) is 25.0 Å². The van der Waals surface area contributed by atoms with E-state index >= 15 is 0 Å². The maximum atomic E-state index is 13.7. The number of methoxy groups -OCH3 is 1. The summed E-state index contributed by atoms with van der Waals surface area (Å²) in [5.74, 6) is 1.87. The van der Waals surface area contributed by atoms with Gasteiger partial charge in [0.15, 0.2) is 11.5 Å². The lowest BCUT2D eigenvalue weighted by atomic mass is 9.84. The van der Waals surface area contributed by atoms with E-state index in [9.17, 15) is 9.59 Å². The van der Waals surface area contributed by atoms with Crippen molar-refractivity contribution in [3.05, 3.63) is 48.0 Å². The van der Waals surface area contributed by atoms with E-state index in [1.54, 1.807) is 37.4 Å². The topological polar surface area (TPSA) is 77.1 Å². The molecule has 0 bridgehead atoms. The summed E-state index contributed by atoms with van der Waals surface area (Å²) in [6.07, 6.45) is 4.89. The Morgan fingerprint density at radius 2 is 1.81 bits per heavy atom. The molecule has 2 aromatic carbocycles. The molecule has 7 nitrogen and oxygen atoms in total. The highest BCUT2D eigenvalue weighted by molar-refractivity contribution is 6.03. The Bertz CT molecular complexity index is 1020. The number of ether oxygens (including phenoxy) is 3. The highest BCUT2D eigenvalue weighted by atomic mass is 16.6. The highest BCUT2D eigenvalue weighted by Crippen LogP contribution is 2.42. The van der Waals surface area contributed by atoms with Crippen molar-refractivity contribution in [2.24, 2.45) is 5.92 Å². The summed E-state index contributed by atoms with van der Waals surface area (Å²) in [6, 6.07) is 12.2. The maximum absolute atomic E-state index is 13.7. The van der Waals surface area contributed by atoms with Gasteiger partial charge in [-0.2, -0.15) is 0 Å². The molecule has 0 spiro atoms. The van der Waals surface area contributed by atoms with E-state index in [4.69, 9.17) is 14.2 Å². The molecule has 2 fully saturated rings. The van der Waals surface area contributed by atoms with Gasteiger partial charge in [0.25, 0.3) is 5.91 Å². The third-order valence-electron chi connectivity index (χ3n) is 6.77. The van der Waals surface area contributed by atoms with Crippen molar-refractivity contribution in [3.63, 3.8) is 0 Å². The Morgan fingerprint density at radius 1 is 1.03 bits per heavy atom. The van der Waals surface area contributed by atoms with Crippen LogP contribution in [-0.2, 0) is 4.79 Å². The largest absolute Gasteiger partial charge is 0.496 e. The van der Waals surface area contributed by atoms with Gasteiger partial charge >= 0.3 is 0 Å². The second kappa shape index (κ2) is 8.73. The van der Waals surface area contributed by atoms with Crippen LogP contribution < -0.4 is 19.5 Å². The molecule has 7 heteroatoms. The van der Waals surface area contributed by atoms with Crippen molar-refractivity contribution >= 4 is 17.5 Å². The predicted molar refractivity (Wildman–Crippen MR) is 119 cm³/mol. The molecule has 0 aromatic heterocycles. The van der Waals surface area contributed by atoms with Crippen LogP contribution in [0.15, 0.2) is 42.5 Å². The molecular formula is C25H28N2O5. The van der Waals surface area contributed by atoms with Gasteiger partial charge in [-0.05, 0) is 49.4 Å². The highest BCUT2D eigenvalue weighted by Gasteiger charge is 2.48. The minimum atomic E-state index is -0.520. The molecule has 2 aromatic rings. The van der Waals surface area contributed by atoms with Crippen LogP contribution in [-0.4, -0.2) is 49.1 Å². The third-order valence-corrected chi connectivity index (χ3v) is 6.77. The molecule has 0 radical (unpaired) electrons. The van der Waals surface area contributed by atoms with Crippen LogP contribution >= 0.6 is 0 Å². The number of hydrogen-bond donors (Lipinski definition) is 1. The number of benzene rings is 2. The van der Waals surface area contributed by atoms with Gasteiger partial charge in [0.2, 0.25) is 5.91 Å². The number of nitrogens with one attached hydrogen (secondary N) is 1. The van der Waals surface area contributed by atoms with Gasteiger partial charge in [0, 0.05) is 17.8 Å². The zero-order chi connectivity index (χ0) is 22.1. The Balaban J connectivity index is 1.42. The number of rotatable bonds is 4. The van der Waals surface area contributed by atoms with E-state index in [1.165, 1.54) is 0 Å². The van der Waals surface area contributed by atoms with Gasteiger partial charge in [-0.15, -0.1) is 0 Å². The standard InChI is InChI=1S/C25H28N2O5/c1-30-21-9-5-3-7-18(21)25(29)27-19-8-4-2-6-16(19)14-20(27)24(28)26-17-10-11-22-23(15-17)32-13-12-31-22/h3,5,7,9-11,15-16,19-20H,2,4,6,8,12-14H2,1H3,(H,26,28). The molecule has 2 heterocycles. The molecule has 1 aliphatic carbocycles. The summed E-state index contributed by atoms with van der Waals surface area (Å²) in [6.45, 7) is 1.00. The van der Waals surface area contributed by atoms with E-state index in [0.29, 0.717) is 54.1 Å². The van der Waals surface area contributed by atoms with Gasteiger partial charge < -0.3 is 24.4 Å². The lowest BCUT2D eigenvalue weighted by molar-refractivity contribution is -0.120. The summed E-state index contributed by atoms with van der Waals surface area (Å²) in [4.78, 5) is 28.9. The average molecular weight is 437 g/mol.